The number of carbonyl (C=O) groups excluding carboxylic acids is 1. The summed E-state index contributed by atoms with van der Waals surface area (Å²) >= 11 is 0. The van der Waals surface area contributed by atoms with Gasteiger partial charge in [0.05, 0.1) is 24.3 Å². The van der Waals surface area contributed by atoms with Crippen molar-refractivity contribution in [2.45, 2.75) is 70.6 Å². The van der Waals surface area contributed by atoms with E-state index in [-0.39, 0.29) is 29.0 Å². The number of hydrogen-bond donors (Lipinski definition) is 1. The second kappa shape index (κ2) is 10.4. The van der Waals surface area contributed by atoms with Crippen LogP contribution in [0.15, 0.2) is 55.0 Å². The Morgan fingerprint density at radius 2 is 1.51 bits per heavy atom. The number of nitrogens with zero attached hydrogens (tertiary/aromatic N) is 4. The Morgan fingerprint density at radius 3 is 2.08 bits per heavy atom. The summed E-state index contributed by atoms with van der Waals surface area (Å²) in [6.45, 7) is 9.96. The van der Waals surface area contributed by atoms with E-state index in [2.05, 4.69) is 34.1 Å². The minimum Gasteiger partial charge on any atom is -0.489 e. The topological polar surface area (TPSA) is 119 Å². The van der Waals surface area contributed by atoms with Crippen molar-refractivity contribution in [1.29, 1.82) is 5.26 Å². The van der Waals surface area contributed by atoms with Gasteiger partial charge in [-0.25, -0.2) is 14.8 Å². The molecule has 4 rings (SSSR count). The van der Waals surface area contributed by atoms with Gasteiger partial charge in [-0.15, -0.1) is 0 Å². The molecule has 0 spiro atoms. The Bertz CT molecular complexity index is 1250. The number of nitriles is 1. The SMILES string of the molecule is CC(C)(C)NC(=O)OC1CC(Oc2ccc(C(C)(C)c3ccc(Oc4cnc(C#N)nc4)cc3)nc2)C1. The maximum absolute atomic E-state index is 11.9. The van der Waals surface area contributed by atoms with E-state index < -0.39 is 6.09 Å². The third-order valence-corrected chi connectivity index (χ3v) is 6.02. The third-order valence-electron chi connectivity index (χ3n) is 6.02. The van der Waals surface area contributed by atoms with Gasteiger partial charge in [0, 0.05) is 23.8 Å². The molecule has 1 aromatic carbocycles. The molecule has 1 amide bonds. The number of carbonyl (C=O) groups is 1. The van der Waals surface area contributed by atoms with E-state index in [1.54, 1.807) is 6.20 Å². The lowest BCUT2D eigenvalue weighted by Crippen LogP contribution is -2.46. The molecule has 0 radical (unpaired) electrons. The molecule has 2 heterocycles. The molecule has 1 saturated carbocycles. The molecule has 0 unspecified atom stereocenters. The fourth-order valence-electron chi connectivity index (χ4n) is 3.86. The second-order valence-corrected chi connectivity index (χ2v) is 10.6. The largest absolute Gasteiger partial charge is 0.489 e. The molecule has 1 aliphatic rings. The number of pyridine rings is 1. The van der Waals surface area contributed by atoms with Gasteiger partial charge in [-0.05, 0) is 50.6 Å². The second-order valence-electron chi connectivity index (χ2n) is 10.6. The third kappa shape index (κ3) is 6.73. The van der Waals surface area contributed by atoms with Crippen LogP contribution in [0.5, 0.6) is 17.2 Å². The summed E-state index contributed by atoms with van der Waals surface area (Å²) in [6, 6.07) is 13.5. The van der Waals surface area contributed by atoms with Crippen LogP contribution < -0.4 is 14.8 Å². The maximum Gasteiger partial charge on any atom is 0.407 e. The monoisotopic (exact) mass is 501 g/mol. The van der Waals surface area contributed by atoms with E-state index in [1.807, 2.05) is 63.2 Å². The van der Waals surface area contributed by atoms with Gasteiger partial charge in [0.1, 0.15) is 29.8 Å². The molecule has 1 aliphatic carbocycles. The van der Waals surface area contributed by atoms with Crippen LogP contribution in [0.1, 0.15) is 64.5 Å². The summed E-state index contributed by atoms with van der Waals surface area (Å²) in [6.07, 6.45) is 5.47. The lowest BCUT2D eigenvalue weighted by Gasteiger charge is -2.35. The van der Waals surface area contributed by atoms with Gasteiger partial charge in [0.25, 0.3) is 0 Å². The first-order valence-electron chi connectivity index (χ1n) is 12.1. The number of amides is 1. The smallest absolute Gasteiger partial charge is 0.407 e. The summed E-state index contributed by atoms with van der Waals surface area (Å²) < 4.78 is 17.2. The zero-order valence-corrected chi connectivity index (χ0v) is 21.7. The van der Waals surface area contributed by atoms with E-state index in [0.29, 0.717) is 30.1 Å². The van der Waals surface area contributed by atoms with Gasteiger partial charge >= 0.3 is 6.09 Å². The molecule has 0 atom stereocenters. The van der Waals surface area contributed by atoms with E-state index in [4.69, 9.17) is 19.5 Å². The van der Waals surface area contributed by atoms with Crippen LogP contribution >= 0.6 is 0 Å². The van der Waals surface area contributed by atoms with Crippen LogP contribution in [-0.2, 0) is 10.2 Å². The number of alkyl carbamates (subject to hydrolysis) is 1. The van der Waals surface area contributed by atoms with Crippen molar-refractivity contribution < 1.29 is 19.0 Å². The fraction of sp³-hybridized carbons (Fsp3) is 0.393. The summed E-state index contributed by atoms with van der Waals surface area (Å²) in [5, 5.41) is 11.6. The number of rotatable bonds is 7. The lowest BCUT2D eigenvalue weighted by molar-refractivity contribution is -0.0245. The highest BCUT2D eigenvalue weighted by atomic mass is 16.6. The predicted molar refractivity (Wildman–Crippen MR) is 136 cm³/mol. The zero-order chi connectivity index (χ0) is 26.6. The molecule has 0 aliphatic heterocycles. The van der Waals surface area contributed by atoms with E-state index in [1.165, 1.54) is 12.4 Å². The molecule has 9 heteroatoms. The Hall–Kier alpha value is -4.19. The van der Waals surface area contributed by atoms with E-state index >= 15 is 0 Å². The van der Waals surface area contributed by atoms with Gasteiger partial charge in [-0.2, -0.15) is 5.26 Å². The van der Waals surface area contributed by atoms with Crippen LogP contribution in [0.4, 0.5) is 4.79 Å². The van der Waals surface area contributed by atoms with Gasteiger partial charge in [-0.1, -0.05) is 26.0 Å². The first kappa shape index (κ1) is 25.9. The molecule has 1 fully saturated rings. The highest BCUT2D eigenvalue weighted by Crippen LogP contribution is 2.34. The predicted octanol–water partition coefficient (Wildman–Crippen LogP) is 5.30. The van der Waals surface area contributed by atoms with Crippen LogP contribution in [0.2, 0.25) is 0 Å². The van der Waals surface area contributed by atoms with Gasteiger partial charge in [-0.3, -0.25) is 4.98 Å². The summed E-state index contributed by atoms with van der Waals surface area (Å²) in [4.78, 5) is 24.4. The van der Waals surface area contributed by atoms with Crippen molar-refractivity contribution in [3.8, 4) is 23.3 Å². The number of aromatic nitrogens is 3. The average molecular weight is 502 g/mol. The Kier molecular flexibility index (Phi) is 7.30. The number of ether oxygens (including phenoxy) is 3. The molecule has 9 nitrogen and oxygen atoms in total. The minimum absolute atomic E-state index is 0.00199. The average Bonchev–Trinajstić information content (AvgIpc) is 2.83. The molecule has 3 aromatic rings. The molecule has 1 N–H and O–H groups in total. The summed E-state index contributed by atoms with van der Waals surface area (Å²) in [5.41, 5.74) is 1.31. The maximum atomic E-state index is 11.9. The number of benzene rings is 1. The van der Waals surface area contributed by atoms with Crippen molar-refractivity contribution in [3.05, 3.63) is 72.1 Å². The Balaban J connectivity index is 1.30. The molecule has 0 bridgehead atoms. The number of hydrogen-bond acceptors (Lipinski definition) is 8. The zero-order valence-electron chi connectivity index (χ0n) is 21.7. The molecule has 0 saturated heterocycles. The normalized spacial score (nSPS) is 17.2. The summed E-state index contributed by atoms with van der Waals surface area (Å²) in [5.74, 6) is 1.89. The van der Waals surface area contributed by atoms with Crippen LogP contribution in [0.3, 0.4) is 0 Å². The Morgan fingerprint density at radius 1 is 0.892 bits per heavy atom. The highest BCUT2D eigenvalue weighted by Gasteiger charge is 2.35. The van der Waals surface area contributed by atoms with Crippen molar-refractivity contribution in [3.63, 3.8) is 0 Å². The van der Waals surface area contributed by atoms with Gasteiger partial charge in [0.15, 0.2) is 5.75 Å². The van der Waals surface area contributed by atoms with Crippen LogP contribution in [0.25, 0.3) is 0 Å². The van der Waals surface area contributed by atoms with Crippen molar-refractivity contribution in [2.24, 2.45) is 0 Å². The van der Waals surface area contributed by atoms with Crippen molar-refractivity contribution in [1.82, 2.24) is 20.3 Å². The Labute approximate surface area is 216 Å². The van der Waals surface area contributed by atoms with Crippen molar-refractivity contribution >= 4 is 6.09 Å². The quantitative estimate of drug-likeness (QED) is 0.463. The molecule has 37 heavy (non-hydrogen) atoms. The molecule has 2 aromatic heterocycles. The van der Waals surface area contributed by atoms with Crippen LogP contribution in [0, 0.1) is 11.3 Å². The van der Waals surface area contributed by atoms with Gasteiger partial charge < -0.3 is 19.5 Å². The van der Waals surface area contributed by atoms with Crippen LogP contribution in [-0.4, -0.2) is 38.8 Å². The van der Waals surface area contributed by atoms with Gasteiger partial charge in [0.2, 0.25) is 5.82 Å². The highest BCUT2D eigenvalue weighted by molar-refractivity contribution is 5.68. The number of nitrogens with one attached hydrogen (secondary N) is 1. The first-order valence-corrected chi connectivity index (χ1v) is 12.1. The van der Waals surface area contributed by atoms with E-state index in [0.717, 1.165) is 11.3 Å². The minimum atomic E-state index is -0.396. The first-order chi connectivity index (χ1) is 17.5. The van der Waals surface area contributed by atoms with Crippen molar-refractivity contribution in [2.75, 3.05) is 0 Å². The molecule has 192 valence electrons. The fourth-order valence-corrected chi connectivity index (χ4v) is 3.86. The standard InChI is InChI=1S/C28H31N5O4/c1-27(2,3)33-26(34)37-22-12-21(13-22)36-20-10-11-24(30-15-20)28(4,5)18-6-8-19(9-7-18)35-23-16-31-25(14-29)32-17-23/h6-11,15-17,21-22H,12-13H2,1-5H3,(H,33,34). The molecular formula is C28H31N5O4. The molecular weight excluding hydrogens is 470 g/mol. The summed E-state index contributed by atoms with van der Waals surface area (Å²) in [7, 11) is 0. The van der Waals surface area contributed by atoms with E-state index in [9.17, 15) is 4.79 Å². The lowest BCUT2D eigenvalue weighted by atomic mass is 9.81.